The van der Waals surface area contributed by atoms with Crippen LogP contribution in [0.1, 0.15) is 19.4 Å². The lowest BCUT2D eigenvalue weighted by atomic mass is 10.0. The van der Waals surface area contributed by atoms with E-state index in [-0.39, 0.29) is 0 Å². The average Bonchev–Trinajstić information content (AvgIpc) is 2.47. The number of anilines is 1. The Hall–Kier alpha value is -2.04. The van der Waals surface area contributed by atoms with E-state index in [0.29, 0.717) is 5.56 Å². The second-order valence-electron chi connectivity index (χ2n) is 5.30. The first-order valence-electron chi connectivity index (χ1n) is 6.48. The fourth-order valence-corrected chi connectivity index (χ4v) is 2.34. The molecule has 0 amide bonds. The summed E-state index contributed by atoms with van der Waals surface area (Å²) in [6.07, 6.45) is 0. The Morgan fingerprint density at radius 3 is 2.05 bits per heavy atom. The van der Waals surface area contributed by atoms with E-state index in [1.165, 1.54) is 0 Å². The van der Waals surface area contributed by atoms with Gasteiger partial charge in [-0.25, -0.2) is 0 Å². The predicted molar refractivity (Wildman–Crippen MR) is 74.6 cm³/mol. The highest BCUT2D eigenvalue weighted by atomic mass is 15.3. The molecule has 1 aromatic carbocycles. The van der Waals surface area contributed by atoms with Gasteiger partial charge in [-0.2, -0.15) is 10.5 Å². The van der Waals surface area contributed by atoms with E-state index in [4.69, 9.17) is 10.5 Å². The number of benzene rings is 1. The van der Waals surface area contributed by atoms with Crippen LogP contribution in [0.5, 0.6) is 0 Å². The molecule has 0 aliphatic carbocycles. The maximum atomic E-state index is 9.15. The normalized spacial score (nSPS) is 16.7. The molecule has 1 fully saturated rings. The number of nitrogens with zero attached hydrogens (tertiary/aromatic N) is 4. The minimum Gasteiger partial charge on any atom is -0.369 e. The Morgan fingerprint density at radius 1 is 1.00 bits per heavy atom. The van der Waals surface area contributed by atoms with Gasteiger partial charge >= 0.3 is 0 Å². The van der Waals surface area contributed by atoms with Gasteiger partial charge in [0.1, 0.15) is 5.54 Å². The van der Waals surface area contributed by atoms with Crippen LogP contribution in [0.3, 0.4) is 0 Å². The minimum absolute atomic E-state index is 0.392. The van der Waals surface area contributed by atoms with Crippen molar-refractivity contribution < 1.29 is 0 Å². The van der Waals surface area contributed by atoms with Crippen molar-refractivity contribution in [2.45, 2.75) is 19.4 Å². The van der Waals surface area contributed by atoms with Crippen LogP contribution < -0.4 is 4.90 Å². The standard InChI is InChI=1S/C15H18N4/c1-15(2,12-17)19-9-7-18(8-10-19)14-5-3-13(11-16)4-6-14/h3-6H,7-10H2,1-2H3. The average molecular weight is 254 g/mol. The van der Waals surface area contributed by atoms with Crippen molar-refractivity contribution >= 4 is 5.69 Å². The summed E-state index contributed by atoms with van der Waals surface area (Å²) in [6.45, 7) is 7.53. The summed E-state index contributed by atoms with van der Waals surface area (Å²) >= 11 is 0. The number of nitriles is 2. The van der Waals surface area contributed by atoms with Gasteiger partial charge in [-0.05, 0) is 38.1 Å². The van der Waals surface area contributed by atoms with Crippen molar-refractivity contribution in [2.75, 3.05) is 31.1 Å². The highest BCUT2D eigenvalue weighted by molar-refractivity contribution is 5.50. The van der Waals surface area contributed by atoms with Gasteiger partial charge in [0, 0.05) is 31.9 Å². The molecule has 98 valence electrons. The molecule has 4 nitrogen and oxygen atoms in total. The molecule has 1 aliphatic heterocycles. The van der Waals surface area contributed by atoms with Gasteiger partial charge in [0.15, 0.2) is 0 Å². The first-order chi connectivity index (χ1) is 9.06. The molecule has 0 bridgehead atoms. The van der Waals surface area contributed by atoms with E-state index in [0.717, 1.165) is 31.9 Å². The van der Waals surface area contributed by atoms with Gasteiger partial charge in [0.2, 0.25) is 0 Å². The number of hydrogen-bond acceptors (Lipinski definition) is 4. The highest BCUT2D eigenvalue weighted by Gasteiger charge is 2.29. The van der Waals surface area contributed by atoms with Crippen LogP contribution in [0.4, 0.5) is 5.69 Å². The molecule has 1 aromatic rings. The van der Waals surface area contributed by atoms with Gasteiger partial charge in [-0.15, -0.1) is 0 Å². The lowest BCUT2D eigenvalue weighted by Gasteiger charge is -2.41. The summed E-state index contributed by atoms with van der Waals surface area (Å²) in [4.78, 5) is 4.51. The maximum Gasteiger partial charge on any atom is 0.103 e. The van der Waals surface area contributed by atoms with Gasteiger partial charge in [0.25, 0.3) is 0 Å². The highest BCUT2D eigenvalue weighted by Crippen LogP contribution is 2.21. The molecule has 0 aromatic heterocycles. The molecule has 0 spiro atoms. The SMILES string of the molecule is CC(C)(C#N)N1CCN(c2ccc(C#N)cc2)CC1. The fourth-order valence-electron chi connectivity index (χ4n) is 2.34. The van der Waals surface area contributed by atoms with Crippen LogP contribution in [0.2, 0.25) is 0 Å². The zero-order valence-electron chi connectivity index (χ0n) is 11.4. The van der Waals surface area contributed by atoms with E-state index in [9.17, 15) is 0 Å². The fraction of sp³-hybridized carbons (Fsp3) is 0.467. The van der Waals surface area contributed by atoms with Crippen molar-refractivity contribution in [3.63, 3.8) is 0 Å². The van der Waals surface area contributed by atoms with Crippen molar-refractivity contribution in [2.24, 2.45) is 0 Å². The summed E-state index contributed by atoms with van der Waals surface area (Å²) in [6, 6.07) is 12.2. The number of hydrogen-bond donors (Lipinski definition) is 0. The van der Waals surface area contributed by atoms with Crippen LogP contribution in [0.25, 0.3) is 0 Å². The molecule has 1 aliphatic rings. The molecule has 1 saturated heterocycles. The Kier molecular flexibility index (Phi) is 3.74. The third kappa shape index (κ3) is 2.86. The van der Waals surface area contributed by atoms with E-state index in [1.54, 1.807) is 0 Å². The molecule has 1 heterocycles. The summed E-state index contributed by atoms with van der Waals surface area (Å²) in [5, 5.41) is 17.9. The van der Waals surface area contributed by atoms with Gasteiger partial charge in [0.05, 0.1) is 17.7 Å². The van der Waals surface area contributed by atoms with Crippen LogP contribution in [-0.4, -0.2) is 36.6 Å². The molecule has 0 saturated carbocycles. The third-order valence-corrected chi connectivity index (χ3v) is 3.71. The molecule has 0 N–H and O–H groups in total. The lowest BCUT2D eigenvalue weighted by molar-refractivity contribution is 0.158. The largest absolute Gasteiger partial charge is 0.369 e. The van der Waals surface area contributed by atoms with E-state index in [1.807, 2.05) is 38.1 Å². The van der Waals surface area contributed by atoms with Gasteiger partial charge in [-0.3, -0.25) is 4.90 Å². The van der Waals surface area contributed by atoms with Crippen LogP contribution in [0, 0.1) is 22.7 Å². The van der Waals surface area contributed by atoms with Gasteiger partial charge in [-0.1, -0.05) is 0 Å². The van der Waals surface area contributed by atoms with Crippen molar-refractivity contribution in [1.82, 2.24) is 4.90 Å². The Balaban J connectivity index is 2.00. The molecule has 19 heavy (non-hydrogen) atoms. The third-order valence-electron chi connectivity index (χ3n) is 3.71. The molecule has 2 rings (SSSR count). The smallest absolute Gasteiger partial charge is 0.103 e. The van der Waals surface area contributed by atoms with E-state index >= 15 is 0 Å². The minimum atomic E-state index is -0.392. The second-order valence-corrected chi connectivity index (χ2v) is 5.30. The van der Waals surface area contributed by atoms with E-state index in [2.05, 4.69) is 21.9 Å². The van der Waals surface area contributed by atoms with Crippen molar-refractivity contribution in [1.29, 1.82) is 10.5 Å². The summed E-state index contributed by atoms with van der Waals surface area (Å²) in [7, 11) is 0. The van der Waals surface area contributed by atoms with Gasteiger partial charge < -0.3 is 4.90 Å². The molecular weight excluding hydrogens is 236 g/mol. The molecule has 0 atom stereocenters. The molecule has 0 unspecified atom stereocenters. The zero-order chi connectivity index (χ0) is 13.9. The van der Waals surface area contributed by atoms with Crippen LogP contribution in [-0.2, 0) is 0 Å². The van der Waals surface area contributed by atoms with E-state index < -0.39 is 5.54 Å². The summed E-state index contributed by atoms with van der Waals surface area (Å²) in [5.74, 6) is 0. The van der Waals surface area contributed by atoms with Crippen molar-refractivity contribution in [3.05, 3.63) is 29.8 Å². The maximum absolute atomic E-state index is 9.15. The second kappa shape index (κ2) is 5.30. The lowest BCUT2D eigenvalue weighted by Crippen LogP contribution is -2.54. The Bertz CT molecular complexity index is 511. The van der Waals surface area contributed by atoms with Crippen LogP contribution in [0.15, 0.2) is 24.3 Å². The Morgan fingerprint density at radius 2 is 1.58 bits per heavy atom. The topological polar surface area (TPSA) is 54.1 Å². The Labute approximate surface area is 114 Å². The molecular formula is C15H18N4. The summed E-state index contributed by atoms with van der Waals surface area (Å²) < 4.78 is 0. The number of rotatable bonds is 2. The molecule has 4 heteroatoms. The van der Waals surface area contributed by atoms with Crippen molar-refractivity contribution in [3.8, 4) is 12.1 Å². The predicted octanol–water partition coefficient (Wildman–Crippen LogP) is 1.98. The summed E-state index contributed by atoms with van der Waals surface area (Å²) in [5.41, 5.74) is 1.44. The first-order valence-corrected chi connectivity index (χ1v) is 6.48. The number of piperazine rings is 1. The monoisotopic (exact) mass is 254 g/mol. The molecule has 0 radical (unpaired) electrons. The first kappa shape index (κ1) is 13.4. The zero-order valence-corrected chi connectivity index (χ0v) is 11.4. The van der Waals surface area contributed by atoms with Crippen LogP contribution >= 0.6 is 0 Å². The quantitative estimate of drug-likeness (QED) is 0.810.